The van der Waals surface area contributed by atoms with E-state index in [1.165, 1.54) is 13.0 Å². The summed E-state index contributed by atoms with van der Waals surface area (Å²) in [5.74, 6) is -5.25. The summed E-state index contributed by atoms with van der Waals surface area (Å²) in [6.07, 6.45) is -0.705. The van der Waals surface area contributed by atoms with Gasteiger partial charge in [-0.3, -0.25) is 9.59 Å². The van der Waals surface area contributed by atoms with E-state index in [4.69, 9.17) is 10.2 Å². The molecule has 2 atom stereocenters. The molecule has 0 spiro atoms. The van der Waals surface area contributed by atoms with Crippen LogP contribution in [0.4, 0.5) is 0 Å². The van der Waals surface area contributed by atoms with Crippen molar-refractivity contribution in [3.05, 3.63) is 12.2 Å². The van der Waals surface area contributed by atoms with Crippen molar-refractivity contribution in [3.8, 4) is 0 Å². The molecule has 0 aliphatic carbocycles. The first-order valence-corrected chi connectivity index (χ1v) is 6.33. The summed E-state index contributed by atoms with van der Waals surface area (Å²) in [5.41, 5.74) is 0. The smallest absolute Gasteiger partial charge is 0.349 e. The van der Waals surface area contributed by atoms with Gasteiger partial charge in [-0.05, 0) is 6.42 Å². The fraction of sp³-hybridized carbons (Fsp3) is 0.538. The molecule has 0 aliphatic rings. The van der Waals surface area contributed by atoms with Crippen LogP contribution in [0.1, 0.15) is 33.1 Å². The monoisotopic (exact) mass is 302 g/mol. The average Bonchev–Trinajstić information content (AvgIpc) is 2.42. The van der Waals surface area contributed by atoms with Crippen LogP contribution in [0.25, 0.3) is 0 Å². The van der Waals surface area contributed by atoms with Gasteiger partial charge in [0, 0.05) is 6.42 Å². The van der Waals surface area contributed by atoms with Crippen molar-refractivity contribution in [2.75, 3.05) is 0 Å². The van der Waals surface area contributed by atoms with Gasteiger partial charge in [0.15, 0.2) is 0 Å². The summed E-state index contributed by atoms with van der Waals surface area (Å²) in [4.78, 5) is 44.6. The predicted molar refractivity (Wildman–Crippen MR) is 69.4 cm³/mol. The third kappa shape index (κ3) is 7.09. The van der Waals surface area contributed by atoms with Crippen LogP contribution in [0.5, 0.6) is 0 Å². The van der Waals surface area contributed by atoms with Crippen molar-refractivity contribution in [2.45, 2.75) is 45.3 Å². The van der Waals surface area contributed by atoms with E-state index < -0.39 is 36.1 Å². The first kappa shape index (κ1) is 18.6. The maximum Gasteiger partial charge on any atom is 0.349 e. The number of carbonyl (C=O) groups is 4. The second kappa shape index (κ2) is 9.51. The van der Waals surface area contributed by atoms with E-state index in [9.17, 15) is 19.2 Å². The van der Waals surface area contributed by atoms with Gasteiger partial charge in [-0.2, -0.15) is 0 Å². The van der Waals surface area contributed by atoms with Gasteiger partial charge in [-0.25, -0.2) is 9.59 Å². The van der Waals surface area contributed by atoms with Crippen LogP contribution in [0.15, 0.2) is 12.2 Å². The van der Waals surface area contributed by atoms with Crippen LogP contribution < -0.4 is 0 Å². The highest BCUT2D eigenvalue weighted by Crippen LogP contribution is 2.09. The molecule has 0 amide bonds. The lowest BCUT2D eigenvalue weighted by Crippen LogP contribution is -2.45. The molecule has 0 saturated heterocycles. The standard InChI is InChI=1S/C13H18O8/c1-3-5-6-7-9(15)21-11(13(18)19)10(12(16)17)20-8(14)4-2/h5-6,10-11H,3-4,7H2,1-2H3,(H,16,17)(H,18,19)/b6-5-/t10-,11-/m0/s1. The van der Waals surface area contributed by atoms with Crippen molar-refractivity contribution in [2.24, 2.45) is 0 Å². The first-order valence-electron chi connectivity index (χ1n) is 6.33. The molecule has 0 unspecified atom stereocenters. The Balaban J connectivity index is 4.94. The second-order valence-corrected chi connectivity index (χ2v) is 3.93. The molecule has 21 heavy (non-hydrogen) atoms. The molecule has 0 aromatic carbocycles. The zero-order valence-electron chi connectivity index (χ0n) is 11.8. The molecule has 0 bridgehead atoms. The summed E-state index contributed by atoms with van der Waals surface area (Å²) in [6, 6.07) is 0. The summed E-state index contributed by atoms with van der Waals surface area (Å²) in [5, 5.41) is 17.9. The SMILES string of the molecule is CC/C=C\CC(=O)O[C@H](C(=O)O)[C@H](OC(=O)CC)C(=O)O. The predicted octanol–water partition coefficient (Wildman–Crippen LogP) is 0.745. The van der Waals surface area contributed by atoms with Crippen LogP contribution >= 0.6 is 0 Å². The van der Waals surface area contributed by atoms with Gasteiger partial charge in [-0.15, -0.1) is 0 Å². The van der Waals surface area contributed by atoms with Crippen molar-refractivity contribution in [1.82, 2.24) is 0 Å². The van der Waals surface area contributed by atoms with Crippen molar-refractivity contribution in [3.63, 3.8) is 0 Å². The fourth-order valence-electron chi connectivity index (χ4n) is 1.24. The summed E-state index contributed by atoms with van der Waals surface area (Å²) >= 11 is 0. The van der Waals surface area contributed by atoms with E-state index >= 15 is 0 Å². The third-order valence-electron chi connectivity index (χ3n) is 2.25. The minimum atomic E-state index is -2.10. The Morgan fingerprint density at radius 2 is 1.38 bits per heavy atom. The van der Waals surface area contributed by atoms with Gasteiger partial charge in [0.25, 0.3) is 0 Å². The molecule has 0 fully saturated rings. The van der Waals surface area contributed by atoms with Crippen LogP contribution in [0, 0.1) is 0 Å². The Kier molecular flexibility index (Phi) is 8.43. The topological polar surface area (TPSA) is 127 Å². The minimum absolute atomic E-state index is 0.136. The van der Waals surface area contributed by atoms with E-state index in [0.717, 1.165) is 0 Å². The second-order valence-electron chi connectivity index (χ2n) is 3.93. The number of carboxylic acid groups (broad SMARTS) is 2. The van der Waals surface area contributed by atoms with Crippen molar-refractivity contribution < 1.29 is 38.9 Å². The van der Waals surface area contributed by atoms with Crippen LogP contribution in [0.3, 0.4) is 0 Å². The summed E-state index contributed by atoms with van der Waals surface area (Å²) in [6.45, 7) is 3.26. The Bertz CT molecular complexity index is 426. The Hall–Kier alpha value is -2.38. The largest absolute Gasteiger partial charge is 0.478 e. The molecule has 8 nitrogen and oxygen atoms in total. The van der Waals surface area contributed by atoms with E-state index in [2.05, 4.69) is 9.47 Å². The Labute approximate surface area is 121 Å². The number of hydrogen-bond donors (Lipinski definition) is 2. The molecule has 0 saturated carbocycles. The van der Waals surface area contributed by atoms with Crippen LogP contribution in [-0.2, 0) is 28.7 Å². The van der Waals surface area contributed by atoms with Crippen LogP contribution in [0.2, 0.25) is 0 Å². The number of hydrogen-bond acceptors (Lipinski definition) is 6. The highest BCUT2D eigenvalue weighted by molar-refractivity contribution is 5.87. The minimum Gasteiger partial charge on any atom is -0.478 e. The number of carbonyl (C=O) groups excluding carboxylic acids is 2. The molecule has 0 aromatic rings. The van der Waals surface area contributed by atoms with Gasteiger partial charge in [0.2, 0.25) is 12.2 Å². The number of esters is 2. The molecule has 118 valence electrons. The van der Waals surface area contributed by atoms with Gasteiger partial charge in [0.1, 0.15) is 0 Å². The van der Waals surface area contributed by atoms with E-state index in [1.807, 2.05) is 6.92 Å². The van der Waals surface area contributed by atoms with Gasteiger partial charge in [-0.1, -0.05) is 26.0 Å². The third-order valence-corrected chi connectivity index (χ3v) is 2.25. The van der Waals surface area contributed by atoms with Gasteiger partial charge >= 0.3 is 23.9 Å². The lowest BCUT2D eigenvalue weighted by molar-refractivity contribution is -0.187. The highest BCUT2D eigenvalue weighted by atomic mass is 16.6. The number of allylic oxidation sites excluding steroid dienone is 1. The molecular formula is C13H18O8. The van der Waals surface area contributed by atoms with Crippen molar-refractivity contribution in [1.29, 1.82) is 0 Å². The number of aliphatic carboxylic acids is 2. The average molecular weight is 302 g/mol. The molecule has 0 heterocycles. The summed E-state index contributed by atoms with van der Waals surface area (Å²) in [7, 11) is 0. The number of rotatable bonds is 9. The quantitative estimate of drug-likeness (QED) is 0.471. The molecular weight excluding hydrogens is 284 g/mol. The van der Waals surface area contributed by atoms with Gasteiger partial charge in [0.05, 0.1) is 6.42 Å². The molecule has 0 radical (unpaired) electrons. The maximum atomic E-state index is 11.4. The Morgan fingerprint density at radius 3 is 1.76 bits per heavy atom. The fourth-order valence-corrected chi connectivity index (χ4v) is 1.24. The molecule has 0 rings (SSSR count). The molecule has 0 aromatic heterocycles. The van der Waals surface area contributed by atoms with Crippen LogP contribution in [-0.4, -0.2) is 46.3 Å². The molecule has 8 heteroatoms. The number of ether oxygens (including phenoxy) is 2. The number of carboxylic acids is 2. The molecule has 0 aliphatic heterocycles. The van der Waals surface area contributed by atoms with E-state index in [-0.39, 0.29) is 12.8 Å². The molecule has 2 N–H and O–H groups in total. The normalized spacial score (nSPS) is 13.4. The van der Waals surface area contributed by atoms with Crippen molar-refractivity contribution >= 4 is 23.9 Å². The lowest BCUT2D eigenvalue weighted by Gasteiger charge is -2.20. The zero-order valence-corrected chi connectivity index (χ0v) is 11.8. The first-order chi connectivity index (χ1) is 9.83. The Morgan fingerprint density at radius 1 is 0.905 bits per heavy atom. The lowest BCUT2D eigenvalue weighted by atomic mass is 10.2. The highest BCUT2D eigenvalue weighted by Gasteiger charge is 2.40. The van der Waals surface area contributed by atoms with E-state index in [1.54, 1.807) is 6.08 Å². The summed E-state index contributed by atoms with van der Waals surface area (Å²) < 4.78 is 9.08. The zero-order chi connectivity index (χ0) is 16.4. The maximum absolute atomic E-state index is 11.4. The van der Waals surface area contributed by atoms with E-state index in [0.29, 0.717) is 6.42 Å². The van der Waals surface area contributed by atoms with Gasteiger partial charge < -0.3 is 19.7 Å².